The van der Waals surface area contributed by atoms with Crippen molar-refractivity contribution in [3.63, 3.8) is 0 Å². The van der Waals surface area contributed by atoms with Crippen LogP contribution in [-0.2, 0) is 6.42 Å². The molecule has 1 atom stereocenters. The largest absolute Gasteiger partial charge is 0.339 e. The van der Waals surface area contributed by atoms with Gasteiger partial charge in [-0.05, 0) is 31.0 Å². The highest BCUT2D eigenvalue weighted by Crippen LogP contribution is 2.20. The zero-order valence-corrected chi connectivity index (χ0v) is 10.9. The van der Waals surface area contributed by atoms with E-state index in [0.29, 0.717) is 12.3 Å². The Morgan fingerprint density at radius 1 is 1.32 bits per heavy atom. The molecule has 1 aliphatic heterocycles. The second kappa shape index (κ2) is 5.93. The quantitative estimate of drug-likeness (QED) is 0.914. The molecule has 19 heavy (non-hydrogen) atoms. The summed E-state index contributed by atoms with van der Waals surface area (Å²) in [5.41, 5.74) is 1.09. The van der Waals surface area contributed by atoms with Crippen molar-refractivity contribution in [2.75, 3.05) is 6.54 Å². The van der Waals surface area contributed by atoms with Crippen LogP contribution in [0.2, 0.25) is 0 Å². The first kappa shape index (κ1) is 12.3. The molecule has 100 valence electrons. The average molecular weight is 258 g/mol. The summed E-state index contributed by atoms with van der Waals surface area (Å²) < 4.78 is 5.33. The molecule has 2 aromatic heterocycles. The molecule has 3 heterocycles. The van der Waals surface area contributed by atoms with E-state index in [-0.39, 0.29) is 6.04 Å². The van der Waals surface area contributed by atoms with E-state index in [0.717, 1.165) is 24.4 Å². The summed E-state index contributed by atoms with van der Waals surface area (Å²) in [6.45, 7) is 1.04. The SMILES string of the molecule is c1cncc(Cc2nc(C3CCCCCN3)no2)c1. The molecule has 1 fully saturated rings. The molecule has 1 unspecified atom stereocenters. The Labute approximate surface area is 112 Å². The van der Waals surface area contributed by atoms with Crippen LogP contribution in [0.25, 0.3) is 0 Å². The zero-order valence-electron chi connectivity index (χ0n) is 10.9. The maximum Gasteiger partial charge on any atom is 0.231 e. The molecule has 0 radical (unpaired) electrons. The molecule has 5 nitrogen and oxygen atoms in total. The Bertz CT molecular complexity index is 503. The normalized spacial score (nSPS) is 20.1. The molecule has 1 N–H and O–H groups in total. The molecular formula is C14H18N4O. The fourth-order valence-corrected chi connectivity index (χ4v) is 2.41. The van der Waals surface area contributed by atoms with Gasteiger partial charge in [0.2, 0.25) is 5.89 Å². The van der Waals surface area contributed by atoms with E-state index >= 15 is 0 Å². The summed E-state index contributed by atoms with van der Waals surface area (Å²) in [5, 5.41) is 7.59. The number of pyridine rings is 1. The van der Waals surface area contributed by atoms with Gasteiger partial charge in [0.25, 0.3) is 0 Å². The lowest BCUT2D eigenvalue weighted by Crippen LogP contribution is -2.21. The molecule has 2 aromatic rings. The van der Waals surface area contributed by atoms with E-state index in [1.165, 1.54) is 19.3 Å². The second-order valence-corrected chi connectivity index (χ2v) is 4.94. The lowest BCUT2D eigenvalue weighted by molar-refractivity contribution is 0.369. The number of hydrogen-bond donors (Lipinski definition) is 1. The Kier molecular flexibility index (Phi) is 3.83. The van der Waals surface area contributed by atoms with Gasteiger partial charge in [-0.2, -0.15) is 4.98 Å². The van der Waals surface area contributed by atoms with Gasteiger partial charge in [-0.1, -0.05) is 24.1 Å². The minimum Gasteiger partial charge on any atom is -0.339 e. The van der Waals surface area contributed by atoms with Crippen molar-refractivity contribution < 1.29 is 4.52 Å². The summed E-state index contributed by atoms with van der Waals surface area (Å²) >= 11 is 0. The molecule has 5 heteroatoms. The van der Waals surface area contributed by atoms with Crippen molar-refractivity contribution in [1.29, 1.82) is 0 Å². The minimum absolute atomic E-state index is 0.244. The van der Waals surface area contributed by atoms with Crippen LogP contribution >= 0.6 is 0 Å². The summed E-state index contributed by atoms with van der Waals surface area (Å²) in [4.78, 5) is 8.59. The minimum atomic E-state index is 0.244. The number of nitrogens with zero attached hydrogens (tertiary/aromatic N) is 3. The van der Waals surface area contributed by atoms with Crippen molar-refractivity contribution in [2.24, 2.45) is 0 Å². The fraction of sp³-hybridized carbons (Fsp3) is 0.500. The van der Waals surface area contributed by atoms with Gasteiger partial charge < -0.3 is 9.84 Å². The van der Waals surface area contributed by atoms with Gasteiger partial charge in [0.05, 0.1) is 12.5 Å². The third-order valence-corrected chi connectivity index (χ3v) is 3.43. The van der Waals surface area contributed by atoms with E-state index in [1.807, 2.05) is 18.3 Å². The predicted molar refractivity (Wildman–Crippen MR) is 70.6 cm³/mol. The van der Waals surface area contributed by atoms with Gasteiger partial charge in [0.1, 0.15) is 0 Å². The first-order valence-electron chi connectivity index (χ1n) is 6.86. The highest BCUT2D eigenvalue weighted by atomic mass is 16.5. The average Bonchev–Trinajstić information content (AvgIpc) is 2.74. The van der Waals surface area contributed by atoms with Crippen LogP contribution in [0.3, 0.4) is 0 Å². The highest BCUT2D eigenvalue weighted by molar-refractivity contribution is 5.13. The summed E-state index contributed by atoms with van der Waals surface area (Å²) in [5.74, 6) is 1.45. The van der Waals surface area contributed by atoms with Gasteiger partial charge >= 0.3 is 0 Å². The molecule has 3 rings (SSSR count). The number of rotatable bonds is 3. The highest BCUT2D eigenvalue weighted by Gasteiger charge is 2.19. The molecule has 0 aromatic carbocycles. The number of aromatic nitrogens is 3. The third kappa shape index (κ3) is 3.17. The van der Waals surface area contributed by atoms with Crippen LogP contribution in [0.4, 0.5) is 0 Å². The number of hydrogen-bond acceptors (Lipinski definition) is 5. The topological polar surface area (TPSA) is 63.8 Å². The van der Waals surface area contributed by atoms with Gasteiger partial charge in [-0.15, -0.1) is 0 Å². The van der Waals surface area contributed by atoms with Gasteiger partial charge in [0.15, 0.2) is 5.82 Å². The summed E-state index contributed by atoms with van der Waals surface area (Å²) in [6, 6.07) is 4.18. The first-order valence-corrected chi connectivity index (χ1v) is 6.86. The molecule has 0 aliphatic carbocycles. The van der Waals surface area contributed by atoms with Crippen LogP contribution in [-0.4, -0.2) is 21.7 Å². The van der Waals surface area contributed by atoms with Crippen molar-refractivity contribution in [3.05, 3.63) is 41.8 Å². The Morgan fingerprint density at radius 3 is 3.21 bits per heavy atom. The molecule has 0 bridgehead atoms. The molecular weight excluding hydrogens is 240 g/mol. The Balaban J connectivity index is 1.68. The third-order valence-electron chi connectivity index (χ3n) is 3.43. The lowest BCUT2D eigenvalue weighted by atomic mass is 10.1. The van der Waals surface area contributed by atoms with E-state index in [2.05, 4.69) is 20.4 Å². The molecule has 1 saturated heterocycles. The van der Waals surface area contributed by atoms with Crippen molar-refractivity contribution in [2.45, 2.75) is 38.1 Å². The van der Waals surface area contributed by atoms with Crippen LogP contribution in [0, 0.1) is 0 Å². The van der Waals surface area contributed by atoms with E-state index in [1.54, 1.807) is 6.20 Å². The Hall–Kier alpha value is -1.75. The molecule has 0 spiro atoms. The van der Waals surface area contributed by atoms with Gasteiger partial charge in [-0.25, -0.2) is 0 Å². The van der Waals surface area contributed by atoms with Gasteiger partial charge in [-0.3, -0.25) is 4.98 Å². The van der Waals surface area contributed by atoms with E-state index < -0.39 is 0 Å². The van der Waals surface area contributed by atoms with Crippen molar-refractivity contribution >= 4 is 0 Å². The van der Waals surface area contributed by atoms with Crippen molar-refractivity contribution in [3.8, 4) is 0 Å². The van der Waals surface area contributed by atoms with Crippen LogP contribution in [0.15, 0.2) is 29.0 Å². The molecule has 1 aliphatic rings. The van der Waals surface area contributed by atoms with E-state index in [4.69, 9.17) is 4.52 Å². The first-order chi connectivity index (χ1) is 9.42. The van der Waals surface area contributed by atoms with Gasteiger partial charge in [0, 0.05) is 12.4 Å². The fourth-order valence-electron chi connectivity index (χ4n) is 2.41. The van der Waals surface area contributed by atoms with Crippen LogP contribution < -0.4 is 5.32 Å². The smallest absolute Gasteiger partial charge is 0.231 e. The number of nitrogens with one attached hydrogen (secondary N) is 1. The lowest BCUT2D eigenvalue weighted by Gasteiger charge is -2.09. The summed E-state index contributed by atoms with van der Waals surface area (Å²) in [7, 11) is 0. The van der Waals surface area contributed by atoms with Crippen LogP contribution in [0.5, 0.6) is 0 Å². The summed E-state index contributed by atoms with van der Waals surface area (Å²) in [6.07, 6.45) is 9.07. The maximum atomic E-state index is 5.33. The maximum absolute atomic E-state index is 5.33. The second-order valence-electron chi connectivity index (χ2n) is 4.94. The standard InChI is InChI=1S/C14H18N4O/c1-2-6-12(16-8-3-1)14-17-13(19-18-14)9-11-5-4-7-15-10-11/h4-5,7,10,12,16H,1-3,6,8-9H2. The van der Waals surface area contributed by atoms with Crippen LogP contribution in [0.1, 0.15) is 49.0 Å². The molecule has 0 saturated carbocycles. The zero-order chi connectivity index (χ0) is 12.9. The monoisotopic (exact) mass is 258 g/mol. The van der Waals surface area contributed by atoms with E-state index in [9.17, 15) is 0 Å². The van der Waals surface area contributed by atoms with Crippen molar-refractivity contribution in [1.82, 2.24) is 20.4 Å². The predicted octanol–water partition coefficient (Wildman–Crippen LogP) is 2.26. The molecule has 0 amide bonds. The Morgan fingerprint density at radius 2 is 2.32 bits per heavy atom.